The number of nitrogens with one attached hydrogen (secondary N) is 4. The Morgan fingerprint density at radius 3 is 1.74 bits per heavy atom. The fourth-order valence-corrected chi connectivity index (χ4v) is 5.58. The summed E-state index contributed by atoms with van der Waals surface area (Å²) >= 11 is 0. The summed E-state index contributed by atoms with van der Waals surface area (Å²) in [4.78, 5) is 30.2. The number of carbonyl (C=O) groups excluding carboxylic acids is 2. The van der Waals surface area contributed by atoms with Gasteiger partial charge in [-0.1, -0.05) is 24.3 Å². The summed E-state index contributed by atoms with van der Waals surface area (Å²) < 4.78 is 88.8. The standard InChI is InChI=1S/C20H23F3N4O2.C20H21F3N4O2/c2*1-19(2,3)29-18(28)26-17-11-24-16-7-6-13(9-15(16)17)5-4-8-27-12-14(10-25-27)20(21,22)23/h6-7,9-12,24H,4-5,8H2,1-3H3,(H,26,28);4-7,9-12,24H,8H2,1-3H3,(H,26,28)/b;5-4+. The normalized spacial score (nSPS) is 12.5. The predicted octanol–water partition coefficient (Wildman–Crippen LogP) is 10.8. The summed E-state index contributed by atoms with van der Waals surface area (Å²) in [6.07, 6.45) is 1.87. The van der Waals surface area contributed by atoms with E-state index >= 15 is 0 Å². The van der Waals surface area contributed by atoms with Gasteiger partial charge in [-0.25, -0.2) is 9.59 Å². The lowest BCUT2D eigenvalue weighted by molar-refractivity contribution is -0.138. The molecule has 0 spiro atoms. The first-order valence-corrected chi connectivity index (χ1v) is 18.1. The van der Waals surface area contributed by atoms with Crippen LogP contribution in [0.2, 0.25) is 0 Å². The van der Waals surface area contributed by atoms with Crippen molar-refractivity contribution in [1.29, 1.82) is 0 Å². The van der Waals surface area contributed by atoms with Crippen LogP contribution in [0.15, 0.2) is 79.7 Å². The van der Waals surface area contributed by atoms with Gasteiger partial charge in [0.1, 0.15) is 11.2 Å². The number of alkyl halides is 6. The number of aromatic amines is 2. The lowest BCUT2D eigenvalue weighted by atomic mass is 10.1. The van der Waals surface area contributed by atoms with Crippen LogP contribution in [-0.4, -0.2) is 52.9 Å². The average molecular weight is 815 g/mol. The Bertz CT molecular complexity index is 2370. The van der Waals surface area contributed by atoms with E-state index in [1.165, 1.54) is 9.36 Å². The van der Waals surface area contributed by atoms with E-state index in [9.17, 15) is 35.9 Å². The summed E-state index contributed by atoms with van der Waals surface area (Å²) in [5.74, 6) is 0. The Morgan fingerprint density at radius 2 is 1.22 bits per heavy atom. The van der Waals surface area contributed by atoms with Crippen LogP contribution >= 0.6 is 0 Å². The van der Waals surface area contributed by atoms with Gasteiger partial charge in [-0.15, -0.1) is 0 Å². The van der Waals surface area contributed by atoms with Crippen molar-refractivity contribution in [2.75, 3.05) is 10.6 Å². The molecule has 12 nitrogen and oxygen atoms in total. The van der Waals surface area contributed by atoms with Crippen molar-refractivity contribution in [2.45, 2.75) is 91.0 Å². The number of fused-ring (bicyclic) bond motifs is 2. The molecule has 4 aromatic heterocycles. The minimum Gasteiger partial charge on any atom is -0.444 e. The molecule has 0 unspecified atom stereocenters. The van der Waals surface area contributed by atoms with Crippen LogP contribution < -0.4 is 10.6 Å². The molecular formula is C40H44F6N8O4. The van der Waals surface area contributed by atoms with Crippen LogP contribution in [0.4, 0.5) is 47.3 Å². The summed E-state index contributed by atoms with van der Waals surface area (Å²) in [6.45, 7) is 11.3. The number of ether oxygens (including phenoxy) is 2. The molecule has 0 saturated heterocycles. The third-order valence-electron chi connectivity index (χ3n) is 8.10. The average Bonchev–Trinajstić information content (AvgIpc) is 3.91. The van der Waals surface area contributed by atoms with E-state index in [2.05, 4.69) is 30.8 Å². The fraction of sp³-hybridized carbons (Fsp3) is 0.350. The summed E-state index contributed by atoms with van der Waals surface area (Å²) in [5, 5.41) is 14.5. The van der Waals surface area contributed by atoms with E-state index in [1.54, 1.807) is 66.1 Å². The summed E-state index contributed by atoms with van der Waals surface area (Å²) in [7, 11) is 0. The second-order valence-electron chi connectivity index (χ2n) is 15.3. The number of aromatic nitrogens is 6. The van der Waals surface area contributed by atoms with Crippen LogP contribution in [0.1, 0.15) is 70.2 Å². The number of amides is 2. The van der Waals surface area contributed by atoms with Crippen molar-refractivity contribution < 1.29 is 45.4 Å². The second-order valence-corrected chi connectivity index (χ2v) is 15.3. The molecule has 6 aromatic rings. The molecule has 0 aliphatic rings. The number of benzene rings is 2. The summed E-state index contributed by atoms with van der Waals surface area (Å²) in [5.41, 5.74) is 1.98. The molecule has 0 atom stereocenters. The van der Waals surface area contributed by atoms with Crippen LogP contribution in [0.25, 0.3) is 27.9 Å². The Kier molecular flexibility index (Phi) is 12.7. The number of H-pyrrole nitrogens is 2. The van der Waals surface area contributed by atoms with Gasteiger partial charge < -0.3 is 19.4 Å². The van der Waals surface area contributed by atoms with Crippen LogP contribution in [0.5, 0.6) is 0 Å². The zero-order valence-corrected chi connectivity index (χ0v) is 32.6. The number of nitrogens with zero attached hydrogens (tertiary/aromatic N) is 4. The van der Waals surface area contributed by atoms with Crippen molar-refractivity contribution >= 4 is 51.4 Å². The molecule has 4 heterocycles. The van der Waals surface area contributed by atoms with Crippen LogP contribution in [0, 0.1) is 0 Å². The summed E-state index contributed by atoms with van der Waals surface area (Å²) in [6, 6.07) is 11.4. The molecule has 0 radical (unpaired) electrons. The first-order chi connectivity index (χ1) is 27.0. The number of halogens is 6. The highest BCUT2D eigenvalue weighted by Crippen LogP contribution is 2.30. The van der Waals surface area contributed by atoms with Gasteiger partial charge in [0.25, 0.3) is 0 Å². The molecule has 4 N–H and O–H groups in total. The van der Waals surface area contributed by atoms with Crippen molar-refractivity contribution in [3.05, 3.63) is 102 Å². The number of anilines is 2. The van der Waals surface area contributed by atoms with Gasteiger partial charge in [-0.2, -0.15) is 36.5 Å². The Morgan fingerprint density at radius 1 is 0.724 bits per heavy atom. The van der Waals surface area contributed by atoms with Gasteiger partial charge in [-0.3, -0.25) is 20.0 Å². The molecule has 58 heavy (non-hydrogen) atoms. The van der Waals surface area contributed by atoms with E-state index in [1.807, 2.05) is 36.4 Å². The largest absolute Gasteiger partial charge is 0.444 e. The Balaban J connectivity index is 0.000000221. The van der Waals surface area contributed by atoms with Gasteiger partial charge in [0.15, 0.2) is 0 Å². The van der Waals surface area contributed by atoms with Gasteiger partial charge in [0, 0.05) is 53.1 Å². The first kappa shape index (κ1) is 42.9. The molecule has 0 bridgehead atoms. The van der Waals surface area contributed by atoms with Crippen molar-refractivity contribution in [2.24, 2.45) is 0 Å². The van der Waals surface area contributed by atoms with Gasteiger partial charge in [-0.05, 0) is 89.8 Å². The molecule has 0 aliphatic heterocycles. The molecule has 18 heteroatoms. The van der Waals surface area contributed by atoms with Crippen molar-refractivity contribution in [3.63, 3.8) is 0 Å². The van der Waals surface area contributed by atoms with E-state index in [0.717, 1.165) is 57.7 Å². The maximum atomic E-state index is 12.6. The first-order valence-electron chi connectivity index (χ1n) is 18.1. The van der Waals surface area contributed by atoms with Gasteiger partial charge >= 0.3 is 24.5 Å². The minimum atomic E-state index is -4.40. The lowest BCUT2D eigenvalue weighted by Crippen LogP contribution is -2.27. The van der Waals surface area contributed by atoms with E-state index in [0.29, 0.717) is 30.8 Å². The number of hydrogen-bond donors (Lipinski definition) is 4. The van der Waals surface area contributed by atoms with Crippen molar-refractivity contribution in [1.82, 2.24) is 29.5 Å². The predicted molar refractivity (Wildman–Crippen MR) is 208 cm³/mol. The number of hydrogen-bond acceptors (Lipinski definition) is 6. The van der Waals surface area contributed by atoms with Crippen molar-refractivity contribution in [3.8, 4) is 0 Å². The third kappa shape index (κ3) is 12.4. The molecule has 2 amide bonds. The van der Waals surface area contributed by atoms with Gasteiger partial charge in [0.05, 0.1) is 41.4 Å². The monoisotopic (exact) mass is 814 g/mol. The molecule has 6 rings (SSSR count). The van der Waals surface area contributed by atoms with Crippen LogP contribution in [0.3, 0.4) is 0 Å². The highest BCUT2D eigenvalue weighted by Gasteiger charge is 2.33. The number of rotatable bonds is 9. The van der Waals surface area contributed by atoms with E-state index in [4.69, 9.17) is 9.47 Å². The molecule has 2 aromatic carbocycles. The number of allylic oxidation sites excluding steroid dienone is 1. The maximum Gasteiger partial charge on any atom is 0.419 e. The van der Waals surface area contributed by atoms with Crippen LogP contribution in [-0.2, 0) is 41.3 Å². The number of carbonyl (C=O) groups is 2. The molecule has 310 valence electrons. The zero-order chi connectivity index (χ0) is 42.5. The van der Waals surface area contributed by atoms with E-state index < -0.39 is 46.9 Å². The lowest BCUT2D eigenvalue weighted by Gasteiger charge is -2.19. The highest BCUT2D eigenvalue weighted by atomic mass is 19.4. The molecular weight excluding hydrogens is 770 g/mol. The second kappa shape index (κ2) is 17.1. The third-order valence-corrected chi connectivity index (χ3v) is 8.10. The van der Waals surface area contributed by atoms with E-state index in [-0.39, 0.29) is 6.54 Å². The topological polar surface area (TPSA) is 144 Å². The Hall–Kier alpha value is -6.20. The Labute approximate surface area is 329 Å². The SMILES string of the molecule is CC(C)(C)OC(=O)Nc1c[nH]c2ccc(/C=C/Cn3cc(C(F)(F)F)cn3)cc12.CC(C)(C)OC(=O)Nc1c[nH]c2ccc(CCCn3cc(C(F)(F)F)cn3)cc12. The maximum absolute atomic E-state index is 12.6. The minimum absolute atomic E-state index is 0.199. The zero-order valence-electron chi connectivity index (χ0n) is 32.6. The highest BCUT2D eigenvalue weighted by molar-refractivity contribution is 6.01. The quantitative estimate of drug-likeness (QED) is 0.107. The smallest absolute Gasteiger partial charge is 0.419 e. The molecule has 0 aliphatic carbocycles. The fourth-order valence-electron chi connectivity index (χ4n) is 5.58. The van der Waals surface area contributed by atoms with Gasteiger partial charge in [0.2, 0.25) is 0 Å². The molecule has 0 saturated carbocycles. The molecule has 0 fully saturated rings. The number of aryl methyl sites for hydroxylation is 2.